The van der Waals surface area contributed by atoms with Gasteiger partial charge in [-0.2, -0.15) is 0 Å². The molecule has 0 saturated carbocycles. The Morgan fingerprint density at radius 2 is 1.57 bits per heavy atom. The molecule has 0 aliphatic heterocycles. The summed E-state index contributed by atoms with van der Waals surface area (Å²) in [6.07, 6.45) is 2.75. The van der Waals surface area contributed by atoms with Crippen LogP contribution in [0.15, 0.2) is 42.5 Å². The van der Waals surface area contributed by atoms with Crippen LogP contribution in [0, 0.1) is 11.6 Å². The van der Waals surface area contributed by atoms with Crippen molar-refractivity contribution in [3.63, 3.8) is 0 Å². The van der Waals surface area contributed by atoms with E-state index in [1.54, 1.807) is 0 Å². The number of halogens is 2. The highest BCUT2D eigenvalue weighted by atomic mass is 19.1. The molecule has 2 aromatic carbocycles. The highest BCUT2D eigenvalue weighted by Gasteiger charge is 2.11. The molecule has 0 bridgehead atoms. The molecule has 0 aromatic heterocycles. The lowest BCUT2D eigenvalue weighted by Crippen LogP contribution is -2.19. The molecule has 0 spiro atoms. The predicted octanol–water partition coefficient (Wildman–Crippen LogP) is 4.42. The monoisotopic (exact) mass is 289 g/mol. The highest BCUT2D eigenvalue weighted by Crippen LogP contribution is 2.20. The Bertz CT molecular complexity index is 558. The molecule has 3 heteroatoms. The summed E-state index contributed by atoms with van der Waals surface area (Å²) in [5, 5.41) is 3.21. The molecule has 0 aliphatic rings. The zero-order valence-corrected chi connectivity index (χ0v) is 12.5. The van der Waals surface area contributed by atoms with Crippen LogP contribution in [0.4, 0.5) is 8.78 Å². The minimum absolute atomic E-state index is 0.0434. The maximum absolute atomic E-state index is 13.3. The second-order valence-electron chi connectivity index (χ2n) is 5.31. The third-order valence-corrected chi connectivity index (χ3v) is 3.63. The van der Waals surface area contributed by atoms with Crippen molar-refractivity contribution in [3.8, 4) is 0 Å². The van der Waals surface area contributed by atoms with Crippen LogP contribution in [0.1, 0.15) is 36.1 Å². The maximum Gasteiger partial charge on any atom is 0.126 e. The third-order valence-electron chi connectivity index (χ3n) is 3.63. The molecule has 1 nitrogen and oxygen atoms in total. The van der Waals surface area contributed by atoms with E-state index in [1.165, 1.54) is 17.7 Å². The molecular formula is C18H21F2N. The maximum atomic E-state index is 13.3. The van der Waals surface area contributed by atoms with Gasteiger partial charge in [0.15, 0.2) is 0 Å². The van der Waals surface area contributed by atoms with Crippen molar-refractivity contribution in [1.29, 1.82) is 0 Å². The van der Waals surface area contributed by atoms with Gasteiger partial charge in [-0.1, -0.05) is 37.6 Å². The van der Waals surface area contributed by atoms with Crippen molar-refractivity contribution >= 4 is 0 Å². The fourth-order valence-electron chi connectivity index (χ4n) is 2.56. The van der Waals surface area contributed by atoms with Gasteiger partial charge in [0.25, 0.3) is 0 Å². The smallest absolute Gasteiger partial charge is 0.126 e. The Morgan fingerprint density at radius 1 is 0.952 bits per heavy atom. The van der Waals surface area contributed by atoms with E-state index in [9.17, 15) is 8.78 Å². The van der Waals surface area contributed by atoms with Crippen molar-refractivity contribution in [2.24, 2.45) is 0 Å². The quantitative estimate of drug-likeness (QED) is 0.830. The van der Waals surface area contributed by atoms with Gasteiger partial charge in [-0.3, -0.25) is 0 Å². The van der Waals surface area contributed by atoms with Gasteiger partial charge in [0.1, 0.15) is 11.6 Å². The van der Waals surface area contributed by atoms with E-state index in [0.29, 0.717) is 12.0 Å². The Labute approximate surface area is 125 Å². The molecule has 21 heavy (non-hydrogen) atoms. The molecule has 0 radical (unpaired) electrons. The fraction of sp³-hybridized carbons (Fsp3) is 0.333. The van der Waals surface area contributed by atoms with E-state index >= 15 is 0 Å². The van der Waals surface area contributed by atoms with Gasteiger partial charge >= 0.3 is 0 Å². The number of hydrogen-bond donors (Lipinski definition) is 1. The van der Waals surface area contributed by atoms with Crippen LogP contribution < -0.4 is 5.32 Å². The number of likely N-dealkylation sites (N-methyl/N-ethyl adjacent to an activating group) is 1. The first-order chi connectivity index (χ1) is 10.1. The van der Waals surface area contributed by atoms with Gasteiger partial charge in [-0.05, 0) is 48.7 Å². The van der Waals surface area contributed by atoms with Gasteiger partial charge in [-0.25, -0.2) is 8.78 Å². The second kappa shape index (κ2) is 7.32. The molecule has 2 aromatic rings. The molecule has 1 N–H and O–H groups in total. The summed E-state index contributed by atoms with van der Waals surface area (Å²) in [5.74, 6) is -1.06. The average Bonchev–Trinajstić information content (AvgIpc) is 2.45. The molecule has 2 rings (SSSR count). The number of rotatable bonds is 6. The Hall–Kier alpha value is -1.74. The van der Waals surface area contributed by atoms with Crippen LogP contribution in [0.3, 0.4) is 0 Å². The standard InChI is InChI=1S/C18H21F2N/c1-3-4-13-5-7-15(8-6-13)18(21-2)11-14-9-16(19)12-17(20)10-14/h5-10,12,18,21H,3-4,11H2,1-2H3. The summed E-state index contributed by atoms with van der Waals surface area (Å²) in [6.45, 7) is 2.16. The Balaban J connectivity index is 2.15. The van der Waals surface area contributed by atoms with Crippen LogP contribution in [0.2, 0.25) is 0 Å². The molecular weight excluding hydrogens is 268 g/mol. The zero-order valence-electron chi connectivity index (χ0n) is 12.5. The van der Waals surface area contributed by atoms with Gasteiger partial charge < -0.3 is 5.32 Å². The van der Waals surface area contributed by atoms with Crippen LogP contribution in [-0.2, 0) is 12.8 Å². The number of hydrogen-bond acceptors (Lipinski definition) is 1. The molecule has 0 fully saturated rings. The first-order valence-electron chi connectivity index (χ1n) is 7.33. The lowest BCUT2D eigenvalue weighted by molar-refractivity contribution is 0.562. The third kappa shape index (κ3) is 4.36. The summed E-state index contributed by atoms with van der Waals surface area (Å²) in [4.78, 5) is 0. The molecule has 0 saturated heterocycles. The zero-order chi connectivity index (χ0) is 15.2. The van der Waals surface area contributed by atoms with E-state index < -0.39 is 11.6 Å². The lowest BCUT2D eigenvalue weighted by atomic mass is 9.97. The summed E-state index contributed by atoms with van der Waals surface area (Å²) in [5.41, 5.74) is 3.10. The highest BCUT2D eigenvalue weighted by molar-refractivity contribution is 5.28. The van der Waals surface area contributed by atoms with E-state index in [2.05, 4.69) is 36.5 Å². The van der Waals surface area contributed by atoms with Crippen molar-refractivity contribution in [3.05, 3.63) is 70.8 Å². The predicted molar refractivity (Wildman–Crippen MR) is 82.3 cm³/mol. The van der Waals surface area contributed by atoms with Crippen molar-refractivity contribution in [2.75, 3.05) is 7.05 Å². The second-order valence-corrected chi connectivity index (χ2v) is 5.31. The normalized spacial score (nSPS) is 12.4. The van der Waals surface area contributed by atoms with Crippen molar-refractivity contribution in [1.82, 2.24) is 5.32 Å². The number of nitrogens with one attached hydrogen (secondary N) is 1. The first-order valence-corrected chi connectivity index (χ1v) is 7.33. The number of benzene rings is 2. The minimum atomic E-state index is -0.529. The van der Waals surface area contributed by atoms with Crippen LogP contribution in [0.5, 0.6) is 0 Å². The van der Waals surface area contributed by atoms with Crippen molar-refractivity contribution in [2.45, 2.75) is 32.2 Å². The summed E-state index contributed by atoms with van der Waals surface area (Å²) < 4.78 is 26.5. The van der Waals surface area contributed by atoms with Crippen LogP contribution >= 0.6 is 0 Å². The van der Waals surface area contributed by atoms with Gasteiger partial charge in [-0.15, -0.1) is 0 Å². The van der Waals surface area contributed by atoms with E-state index in [4.69, 9.17) is 0 Å². The van der Waals surface area contributed by atoms with Crippen LogP contribution in [-0.4, -0.2) is 7.05 Å². The van der Waals surface area contributed by atoms with Gasteiger partial charge in [0.05, 0.1) is 0 Å². The Kier molecular flexibility index (Phi) is 5.45. The van der Waals surface area contributed by atoms with E-state index in [1.807, 2.05) is 7.05 Å². The number of aryl methyl sites for hydroxylation is 1. The minimum Gasteiger partial charge on any atom is -0.313 e. The van der Waals surface area contributed by atoms with Crippen molar-refractivity contribution < 1.29 is 8.78 Å². The first kappa shape index (κ1) is 15.6. The van der Waals surface area contributed by atoms with Crippen LogP contribution in [0.25, 0.3) is 0 Å². The lowest BCUT2D eigenvalue weighted by Gasteiger charge is -2.17. The molecule has 0 aliphatic carbocycles. The topological polar surface area (TPSA) is 12.0 Å². The van der Waals surface area contributed by atoms with Gasteiger partial charge in [0.2, 0.25) is 0 Å². The molecule has 112 valence electrons. The Morgan fingerprint density at radius 3 is 2.10 bits per heavy atom. The summed E-state index contributed by atoms with van der Waals surface area (Å²) >= 11 is 0. The summed E-state index contributed by atoms with van der Waals surface area (Å²) in [6, 6.07) is 12.1. The molecule has 0 amide bonds. The summed E-state index contributed by atoms with van der Waals surface area (Å²) in [7, 11) is 1.86. The molecule has 1 unspecified atom stereocenters. The molecule has 1 atom stereocenters. The van der Waals surface area contributed by atoms with Gasteiger partial charge in [0, 0.05) is 12.1 Å². The average molecular weight is 289 g/mol. The largest absolute Gasteiger partial charge is 0.313 e. The molecule has 0 heterocycles. The van der Waals surface area contributed by atoms with E-state index in [-0.39, 0.29) is 6.04 Å². The fourth-order valence-corrected chi connectivity index (χ4v) is 2.56. The van der Waals surface area contributed by atoms with E-state index in [0.717, 1.165) is 24.5 Å². The SMILES string of the molecule is CCCc1ccc(C(Cc2cc(F)cc(F)c2)NC)cc1.